The van der Waals surface area contributed by atoms with Gasteiger partial charge in [-0.15, -0.1) is 0 Å². The third-order valence-corrected chi connectivity index (χ3v) is 12.7. The second-order valence-electron chi connectivity index (χ2n) is 10.4. The number of methoxy groups -OCH3 is 2. The van der Waals surface area contributed by atoms with Gasteiger partial charge in [0.2, 0.25) is 23.4 Å². The monoisotopic (exact) mass is 684 g/mol. The van der Waals surface area contributed by atoms with Gasteiger partial charge in [0.25, 0.3) is 0 Å². The van der Waals surface area contributed by atoms with E-state index < -0.39 is 0 Å². The Hall–Kier alpha value is -4.10. The smallest absolute Gasteiger partial charge is 0.221 e. The van der Waals surface area contributed by atoms with Crippen LogP contribution in [0.4, 0.5) is 0 Å². The first-order valence-corrected chi connectivity index (χ1v) is 17.2. The van der Waals surface area contributed by atoms with E-state index in [9.17, 15) is 19.2 Å². The molecule has 0 spiro atoms. The zero-order valence-electron chi connectivity index (χ0n) is 24.9. The van der Waals surface area contributed by atoms with Crippen molar-refractivity contribution < 1.29 is 28.7 Å². The second kappa shape index (κ2) is 11.9. The number of fused-ring (bicyclic) bond motifs is 4. The highest BCUT2D eigenvalue weighted by Crippen LogP contribution is 2.69. The minimum Gasteiger partial charge on any atom is -0.494 e. The summed E-state index contributed by atoms with van der Waals surface area (Å²) in [6.07, 6.45) is 3.49. The van der Waals surface area contributed by atoms with Gasteiger partial charge < -0.3 is 20.1 Å². The Kier molecular flexibility index (Phi) is 7.92. The van der Waals surface area contributed by atoms with E-state index in [1.165, 1.54) is 60.9 Å². The second-order valence-corrected chi connectivity index (χ2v) is 15.0. The highest BCUT2D eigenvalue weighted by atomic mass is 32.2. The molecule has 46 heavy (non-hydrogen) atoms. The number of amides is 2. The molecule has 4 aliphatic rings. The lowest BCUT2D eigenvalue weighted by Gasteiger charge is -2.20. The Morgan fingerprint density at radius 1 is 0.565 bits per heavy atom. The van der Waals surface area contributed by atoms with Gasteiger partial charge in [-0.1, -0.05) is 95.6 Å². The van der Waals surface area contributed by atoms with Gasteiger partial charge in [0.1, 0.15) is 11.5 Å². The Labute approximate surface area is 281 Å². The molecule has 0 fully saturated rings. The summed E-state index contributed by atoms with van der Waals surface area (Å²) in [5.74, 6) is 0.297. The standard InChI is InChI=1S/C34H24N2O6S4/c1-15(37)35-23-13-21(17-9-5-7-11-19(17)25(23)39)33-43-29-27(41-3)31-32(28(42-4)30(29)44-33)46-34(45-31)22-14-24(36-16(2)38)26(40)20-12-8-6-10-18(20)22/h5-14H,1-4H3,(H,35,37)(H,36,38). The van der Waals surface area contributed by atoms with Crippen molar-refractivity contribution in [2.45, 2.75) is 33.4 Å². The van der Waals surface area contributed by atoms with Crippen molar-refractivity contribution in [1.29, 1.82) is 0 Å². The molecule has 2 N–H and O–H groups in total. The van der Waals surface area contributed by atoms with Crippen LogP contribution in [0.15, 0.2) is 100 Å². The number of Topliss-reactive ketones (excluding diaryl/α,β-unsaturated/α-hetero) is 2. The van der Waals surface area contributed by atoms with E-state index in [-0.39, 0.29) is 34.8 Å². The van der Waals surface area contributed by atoms with Crippen LogP contribution in [0.1, 0.15) is 45.7 Å². The van der Waals surface area contributed by atoms with Crippen LogP contribution >= 0.6 is 47.0 Å². The fraction of sp³-hybridized carbons (Fsp3) is 0.118. The van der Waals surface area contributed by atoms with Crippen molar-refractivity contribution in [3.63, 3.8) is 0 Å². The molecule has 2 aliphatic heterocycles. The molecule has 3 aromatic rings. The van der Waals surface area contributed by atoms with Gasteiger partial charge in [0, 0.05) is 36.1 Å². The van der Waals surface area contributed by atoms with Crippen LogP contribution in [-0.4, -0.2) is 37.6 Å². The molecule has 0 unspecified atom stereocenters. The number of nitrogens with one attached hydrogen (secondary N) is 2. The summed E-state index contributed by atoms with van der Waals surface area (Å²) in [6, 6.07) is 14.8. The summed E-state index contributed by atoms with van der Waals surface area (Å²) in [6.45, 7) is 2.76. The molecule has 2 aliphatic carbocycles. The number of ketones is 2. The predicted molar refractivity (Wildman–Crippen MR) is 182 cm³/mol. The van der Waals surface area contributed by atoms with E-state index in [1.807, 2.05) is 36.4 Å². The van der Waals surface area contributed by atoms with E-state index >= 15 is 0 Å². The number of benzene rings is 3. The molecular formula is C34H24N2O6S4. The number of hydrogen-bond acceptors (Lipinski definition) is 10. The van der Waals surface area contributed by atoms with E-state index in [0.717, 1.165) is 50.3 Å². The largest absolute Gasteiger partial charge is 0.494 e. The van der Waals surface area contributed by atoms with E-state index in [2.05, 4.69) is 10.6 Å². The van der Waals surface area contributed by atoms with E-state index in [1.54, 1.807) is 38.5 Å². The summed E-state index contributed by atoms with van der Waals surface area (Å²) in [4.78, 5) is 53.8. The number of carbonyl (C=O) groups is 4. The van der Waals surface area contributed by atoms with Gasteiger partial charge in [-0.05, 0) is 23.3 Å². The molecule has 12 heteroatoms. The average molecular weight is 685 g/mol. The third kappa shape index (κ3) is 5.00. The lowest BCUT2D eigenvalue weighted by atomic mass is 9.90. The molecule has 3 aromatic carbocycles. The molecule has 8 nitrogen and oxygen atoms in total. The van der Waals surface area contributed by atoms with Gasteiger partial charge >= 0.3 is 0 Å². The quantitative estimate of drug-likeness (QED) is 0.291. The Bertz CT molecular complexity index is 1890. The first-order valence-electron chi connectivity index (χ1n) is 14.0. The van der Waals surface area contributed by atoms with Crippen molar-refractivity contribution >= 4 is 81.6 Å². The maximum atomic E-state index is 13.2. The molecule has 7 rings (SSSR count). The van der Waals surface area contributed by atoms with Gasteiger partial charge in [-0.25, -0.2) is 0 Å². The van der Waals surface area contributed by atoms with Crippen molar-refractivity contribution in [2.24, 2.45) is 0 Å². The summed E-state index contributed by atoms with van der Waals surface area (Å²) < 4.78 is 14.0. The Morgan fingerprint density at radius 3 is 1.20 bits per heavy atom. The molecule has 0 atom stereocenters. The molecule has 2 amide bonds. The van der Waals surface area contributed by atoms with E-state index in [0.29, 0.717) is 22.6 Å². The first-order chi connectivity index (χ1) is 22.2. The fourth-order valence-electron chi connectivity index (χ4n) is 5.59. The number of allylic oxidation sites excluding steroid dienone is 6. The molecule has 230 valence electrons. The fourth-order valence-corrected chi connectivity index (χ4v) is 11.3. The van der Waals surface area contributed by atoms with Gasteiger partial charge in [0.05, 0.1) is 53.7 Å². The van der Waals surface area contributed by atoms with Crippen LogP contribution in [0.25, 0.3) is 11.1 Å². The summed E-state index contributed by atoms with van der Waals surface area (Å²) in [5.41, 5.74) is 4.75. The summed E-state index contributed by atoms with van der Waals surface area (Å²) >= 11 is 6.14. The summed E-state index contributed by atoms with van der Waals surface area (Å²) in [7, 11) is 3.28. The minimum atomic E-state index is -0.318. The molecule has 0 saturated heterocycles. The van der Waals surface area contributed by atoms with Crippen molar-refractivity contribution in [2.75, 3.05) is 14.2 Å². The number of thioether (sulfide) groups is 4. The minimum absolute atomic E-state index is 0.229. The third-order valence-electron chi connectivity index (χ3n) is 7.48. The van der Waals surface area contributed by atoms with Crippen LogP contribution in [-0.2, 0) is 9.59 Å². The van der Waals surface area contributed by atoms with E-state index in [4.69, 9.17) is 9.47 Å². The van der Waals surface area contributed by atoms with Crippen LogP contribution in [0.5, 0.6) is 11.5 Å². The van der Waals surface area contributed by atoms with Crippen LogP contribution in [0.2, 0.25) is 0 Å². The number of rotatable bonds is 4. The SMILES string of the molecule is COc1c2c(c(OC)c3c1SC(=C1C=C(NC(C)=O)C(=O)c4ccccc41)S3)SC(=C1C=C(NC(C)=O)C(=O)c3ccccc31)S2. The first kappa shape index (κ1) is 30.5. The number of carbonyl (C=O) groups excluding carboxylic acids is 4. The molecule has 2 heterocycles. The van der Waals surface area contributed by atoms with Crippen molar-refractivity contribution in [3.8, 4) is 11.5 Å². The molecule has 0 aromatic heterocycles. The maximum absolute atomic E-state index is 13.2. The highest BCUT2D eigenvalue weighted by molar-refractivity contribution is 8.26. The lowest BCUT2D eigenvalue weighted by molar-refractivity contribution is -0.119. The highest BCUT2D eigenvalue weighted by Gasteiger charge is 2.39. The summed E-state index contributed by atoms with van der Waals surface area (Å²) in [5, 5.41) is 5.40. The lowest BCUT2D eigenvalue weighted by Crippen LogP contribution is -2.27. The normalized spacial score (nSPS) is 16.3. The van der Waals surface area contributed by atoms with Gasteiger partial charge in [-0.3, -0.25) is 19.2 Å². The zero-order chi connectivity index (χ0) is 32.3. The zero-order valence-corrected chi connectivity index (χ0v) is 28.1. The topological polar surface area (TPSA) is 111 Å². The molecular weight excluding hydrogens is 661 g/mol. The van der Waals surface area contributed by atoms with Crippen LogP contribution in [0.3, 0.4) is 0 Å². The van der Waals surface area contributed by atoms with Crippen LogP contribution in [0, 0.1) is 0 Å². The van der Waals surface area contributed by atoms with Crippen molar-refractivity contribution in [3.05, 3.63) is 103 Å². The Morgan fingerprint density at radius 2 is 0.891 bits per heavy atom. The average Bonchev–Trinajstić information content (AvgIpc) is 3.67. The number of hydrogen-bond donors (Lipinski definition) is 2. The van der Waals surface area contributed by atoms with Crippen LogP contribution < -0.4 is 20.1 Å². The van der Waals surface area contributed by atoms with Gasteiger partial charge in [-0.2, -0.15) is 0 Å². The molecule has 0 bridgehead atoms. The van der Waals surface area contributed by atoms with Crippen molar-refractivity contribution in [1.82, 2.24) is 10.6 Å². The molecule has 0 radical (unpaired) electrons. The number of ether oxygens (including phenoxy) is 2. The Balaban J connectivity index is 1.36. The molecule has 0 saturated carbocycles. The van der Waals surface area contributed by atoms with Gasteiger partial charge in [0.15, 0.2) is 0 Å². The maximum Gasteiger partial charge on any atom is 0.221 e. The predicted octanol–water partition coefficient (Wildman–Crippen LogP) is 7.27.